The third-order valence-electron chi connectivity index (χ3n) is 5.07. The monoisotopic (exact) mass is 432 g/mol. The van der Waals surface area contributed by atoms with Crippen LogP contribution in [-0.4, -0.2) is 0 Å². The standard InChI is InChI=1S/C22H8O10/c23-19-27-15-5-9-1-3-11-12(13(9)7-17(15)29-21(25)31-19)4-2-10-6-16-18(8-14(10)11)30-22(26)32-20(24)28-16/h1-8H. The fraction of sp³-hybridized carbons (Fsp3) is 0. The minimum absolute atomic E-state index is 0.0286. The molecule has 6 aromatic rings. The van der Waals surface area contributed by atoms with Gasteiger partial charge in [0.15, 0.2) is 22.3 Å². The molecule has 0 aliphatic rings. The highest BCUT2D eigenvalue weighted by Gasteiger charge is 2.11. The highest BCUT2D eigenvalue weighted by atomic mass is 16.6. The average Bonchev–Trinajstić information content (AvgIpc) is 2.96. The van der Waals surface area contributed by atoms with Gasteiger partial charge in [0.1, 0.15) is 0 Å². The van der Waals surface area contributed by atoms with E-state index in [1.54, 1.807) is 36.4 Å². The van der Waals surface area contributed by atoms with Crippen LogP contribution < -0.4 is 23.3 Å². The van der Waals surface area contributed by atoms with E-state index in [-0.39, 0.29) is 22.3 Å². The minimum atomic E-state index is -1.19. The summed E-state index contributed by atoms with van der Waals surface area (Å²) in [6.07, 6.45) is 0. The second-order valence-electron chi connectivity index (χ2n) is 6.88. The third kappa shape index (κ3) is 2.74. The number of fused-ring (bicyclic) bond motifs is 7. The van der Waals surface area contributed by atoms with Crippen LogP contribution in [0.2, 0.25) is 0 Å². The molecule has 2 aromatic heterocycles. The molecular weight excluding hydrogens is 424 g/mol. The van der Waals surface area contributed by atoms with Gasteiger partial charge in [0.25, 0.3) is 0 Å². The van der Waals surface area contributed by atoms with E-state index in [4.69, 9.17) is 17.7 Å². The van der Waals surface area contributed by atoms with Gasteiger partial charge in [0.2, 0.25) is 0 Å². The molecule has 0 aliphatic carbocycles. The van der Waals surface area contributed by atoms with Crippen LogP contribution in [-0.2, 0) is 0 Å². The van der Waals surface area contributed by atoms with Crippen molar-refractivity contribution in [3.63, 3.8) is 0 Å². The summed E-state index contributed by atoms with van der Waals surface area (Å²) in [5.41, 5.74) is 0.154. The summed E-state index contributed by atoms with van der Waals surface area (Å²) in [5.74, 6) is -4.75. The maximum atomic E-state index is 11.6. The van der Waals surface area contributed by atoms with Crippen molar-refractivity contribution in [2.45, 2.75) is 0 Å². The van der Waals surface area contributed by atoms with Crippen molar-refractivity contribution in [3.8, 4) is 0 Å². The molecule has 0 atom stereocenters. The van der Waals surface area contributed by atoms with E-state index in [2.05, 4.69) is 8.83 Å². The fourth-order valence-corrected chi connectivity index (χ4v) is 3.79. The highest BCUT2D eigenvalue weighted by Crippen LogP contribution is 2.34. The van der Waals surface area contributed by atoms with E-state index in [0.717, 1.165) is 10.8 Å². The molecule has 0 bridgehead atoms. The van der Waals surface area contributed by atoms with Crippen LogP contribution in [0.25, 0.3) is 54.6 Å². The van der Waals surface area contributed by atoms with Crippen molar-refractivity contribution in [1.29, 1.82) is 0 Å². The summed E-state index contributed by atoms with van der Waals surface area (Å²) in [6, 6.07) is 13.5. The molecule has 0 saturated heterocycles. The molecule has 0 radical (unpaired) electrons. The molecule has 0 fully saturated rings. The first kappa shape index (κ1) is 18.0. The fourth-order valence-electron chi connectivity index (χ4n) is 3.79. The molecule has 6 rings (SSSR count). The van der Waals surface area contributed by atoms with E-state index in [1.165, 1.54) is 0 Å². The van der Waals surface area contributed by atoms with Gasteiger partial charge in [-0.25, -0.2) is 19.2 Å². The minimum Gasteiger partial charge on any atom is -0.391 e. The zero-order valence-corrected chi connectivity index (χ0v) is 15.7. The lowest BCUT2D eigenvalue weighted by Gasteiger charge is -2.08. The molecule has 0 aliphatic heterocycles. The maximum absolute atomic E-state index is 11.6. The predicted octanol–water partition coefficient (Wildman–Crippen LogP) is 3.58. The Morgan fingerprint density at radius 2 is 0.719 bits per heavy atom. The van der Waals surface area contributed by atoms with Crippen LogP contribution in [0.5, 0.6) is 0 Å². The van der Waals surface area contributed by atoms with Crippen LogP contribution in [0.4, 0.5) is 0 Å². The third-order valence-corrected chi connectivity index (χ3v) is 5.07. The Morgan fingerprint density at radius 3 is 1.09 bits per heavy atom. The first-order valence-corrected chi connectivity index (χ1v) is 9.15. The van der Waals surface area contributed by atoms with Gasteiger partial charge in [0.05, 0.1) is 0 Å². The normalized spacial score (nSPS) is 11.6. The summed E-state index contributed by atoms with van der Waals surface area (Å²) in [4.78, 5) is 46.3. The van der Waals surface area contributed by atoms with Crippen LogP contribution in [0.3, 0.4) is 0 Å². The van der Waals surface area contributed by atoms with Crippen LogP contribution >= 0.6 is 0 Å². The van der Waals surface area contributed by atoms with E-state index in [1.807, 2.05) is 12.1 Å². The number of benzene rings is 4. The molecular formula is C22H8O10. The molecule has 156 valence electrons. The van der Waals surface area contributed by atoms with Crippen LogP contribution in [0, 0.1) is 0 Å². The number of hydrogen-bond acceptors (Lipinski definition) is 10. The molecule has 0 unspecified atom stereocenters. The highest BCUT2D eigenvalue weighted by molar-refractivity contribution is 6.19. The Labute approximate surface area is 172 Å². The number of hydrogen-bond donors (Lipinski definition) is 0. The Morgan fingerprint density at radius 1 is 0.375 bits per heavy atom. The van der Waals surface area contributed by atoms with E-state index >= 15 is 0 Å². The second-order valence-corrected chi connectivity index (χ2v) is 6.88. The van der Waals surface area contributed by atoms with Crippen molar-refractivity contribution >= 4 is 54.6 Å². The molecule has 2 heterocycles. The zero-order valence-electron chi connectivity index (χ0n) is 15.7. The van der Waals surface area contributed by atoms with Crippen molar-refractivity contribution < 1.29 is 26.5 Å². The lowest BCUT2D eigenvalue weighted by molar-refractivity contribution is 0.280. The predicted molar refractivity (Wildman–Crippen MR) is 110 cm³/mol. The van der Waals surface area contributed by atoms with Crippen molar-refractivity contribution in [3.05, 3.63) is 91.0 Å². The van der Waals surface area contributed by atoms with Crippen molar-refractivity contribution in [2.75, 3.05) is 0 Å². The molecule has 0 spiro atoms. The molecule has 0 N–H and O–H groups in total. The Balaban J connectivity index is 1.78. The summed E-state index contributed by atoms with van der Waals surface area (Å²) in [6.45, 7) is 0. The van der Waals surface area contributed by atoms with Gasteiger partial charge in [-0.05, 0) is 56.6 Å². The summed E-state index contributed by atoms with van der Waals surface area (Å²) in [7, 11) is 0. The summed E-state index contributed by atoms with van der Waals surface area (Å²) < 4.78 is 28.8. The van der Waals surface area contributed by atoms with Crippen LogP contribution in [0.1, 0.15) is 0 Å². The van der Waals surface area contributed by atoms with Crippen LogP contribution in [0.15, 0.2) is 94.2 Å². The quantitative estimate of drug-likeness (QED) is 0.326. The Hall–Kier alpha value is -4.86. The molecule has 0 saturated carbocycles. The first-order chi connectivity index (χ1) is 15.4. The molecule has 10 nitrogen and oxygen atoms in total. The van der Waals surface area contributed by atoms with Gasteiger partial charge < -0.3 is 26.5 Å². The van der Waals surface area contributed by atoms with Gasteiger partial charge >= 0.3 is 23.3 Å². The van der Waals surface area contributed by atoms with E-state index in [9.17, 15) is 19.2 Å². The SMILES string of the molecule is O=c1oc(=O)oc2cc3c(ccc4c5cc6oc(=O)oc(=O)oc6cc5ccc34)cc2o1. The Kier molecular flexibility index (Phi) is 3.54. The Bertz CT molecular complexity index is 1870. The average molecular weight is 432 g/mol. The van der Waals surface area contributed by atoms with E-state index in [0.29, 0.717) is 21.5 Å². The number of rotatable bonds is 0. The van der Waals surface area contributed by atoms with Gasteiger partial charge in [-0.15, -0.1) is 0 Å². The summed E-state index contributed by atoms with van der Waals surface area (Å²) in [5, 5.41) is 4.39. The van der Waals surface area contributed by atoms with Gasteiger partial charge in [-0.1, -0.05) is 24.3 Å². The van der Waals surface area contributed by atoms with Crippen molar-refractivity contribution in [2.24, 2.45) is 0 Å². The van der Waals surface area contributed by atoms with Gasteiger partial charge in [0, 0.05) is 0 Å². The molecule has 4 aromatic carbocycles. The molecule has 32 heavy (non-hydrogen) atoms. The topological polar surface area (TPSA) is 147 Å². The second kappa shape index (κ2) is 6.32. The van der Waals surface area contributed by atoms with Crippen molar-refractivity contribution in [1.82, 2.24) is 0 Å². The lowest BCUT2D eigenvalue weighted by Crippen LogP contribution is -2.01. The van der Waals surface area contributed by atoms with Gasteiger partial charge in [-0.2, -0.15) is 0 Å². The van der Waals surface area contributed by atoms with E-state index < -0.39 is 23.3 Å². The first-order valence-electron chi connectivity index (χ1n) is 9.15. The lowest BCUT2D eigenvalue weighted by atomic mass is 9.97. The summed E-state index contributed by atoms with van der Waals surface area (Å²) >= 11 is 0. The largest absolute Gasteiger partial charge is 0.524 e. The maximum Gasteiger partial charge on any atom is 0.524 e. The molecule has 0 amide bonds. The molecule has 10 heteroatoms. The zero-order chi connectivity index (χ0) is 22.0. The smallest absolute Gasteiger partial charge is 0.391 e. The van der Waals surface area contributed by atoms with Gasteiger partial charge in [-0.3, -0.25) is 0 Å².